The molecular formula is C27H27N3O10S3. The average molecular weight is 650 g/mol. The van der Waals surface area contributed by atoms with E-state index < -0.39 is 51.1 Å². The molecule has 16 heteroatoms. The molecule has 0 aliphatic rings. The van der Waals surface area contributed by atoms with Gasteiger partial charge in [0.2, 0.25) is 5.91 Å². The molecule has 1 aromatic carbocycles. The number of amides is 2. The van der Waals surface area contributed by atoms with Crippen molar-refractivity contribution in [3.63, 3.8) is 0 Å². The largest absolute Gasteiger partial charge is 0.465 e. The van der Waals surface area contributed by atoms with E-state index >= 15 is 0 Å². The summed E-state index contributed by atoms with van der Waals surface area (Å²) < 4.78 is 42.3. The molecule has 0 spiro atoms. The van der Waals surface area contributed by atoms with E-state index in [-0.39, 0.29) is 51.1 Å². The number of fused-ring (bicyclic) bond motifs is 1. The molecule has 0 aliphatic carbocycles. The number of rotatable bonds is 11. The van der Waals surface area contributed by atoms with Gasteiger partial charge in [-0.05, 0) is 44.5 Å². The number of anilines is 1. The maximum atomic E-state index is 12.8. The van der Waals surface area contributed by atoms with Gasteiger partial charge in [0.05, 0.1) is 48.2 Å². The fourth-order valence-corrected chi connectivity index (χ4v) is 7.04. The number of carbonyl (C=O) groups excluding carboxylic acids is 5. The minimum atomic E-state index is -4.33. The van der Waals surface area contributed by atoms with E-state index in [1.54, 1.807) is 19.9 Å². The maximum absolute atomic E-state index is 12.8. The summed E-state index contributed by atoms with van der Waals surface area (Å²) in [6, 6.07) is 4.65. The first-order chi connectivity index (χ1) is 20.3. The third-order valence-corrected chi connectivity index (χ3v) is 9.23. The van der Waals surface area contributed by atoms with Crippen LogP contribution in [0, 0.1) is 19.3 Å². The molecule has 0 fully saturated rings. The fourth-order valence-electron chi connectivity index (χ4n) is 3.83. The SMILES string of the molecule is C#CCn1c(=NC(=O)CS(=O)(=O)CC(=O)Nc2sc(C(=O)OCC)c(C)c2C(=O)OCC)sc2cc(C(=O)OC)ccc21. The van der Waals surface area contributed by atoms with Crippen molar-refractivity contribution in [2.75, 3.05) is 37.1 Å². The predicted octanol–water partition coefficient (Wildman–Crippen LogP) is 2.33. The lowest BCUT2D eigenvalue weighted by Gasteiger charge is -2.07. The maximum Gasteiger partial charge on any atom is 0.348 e. The lowest BCUT2D eigenvalue weighted by molar-refractivity contribution is -0.115. The van der Waals surface area contributed by atoms with Gasteiger partial charge in [0, 0.05) is 0 Å². The summed E-state index contributed by atoms with van der Waals surface area (Å²) in [5.41, 5.74) is 0.925. The number of thiophene rings is 1. The first-order valence-corrected chi connectivity index (χ1v) is 16.0. The highest BCUT2D eigenvalue weighted by Crippen LogP contribution is 2.34. The summed E-state index contributed by atoms with van der Waals surface area (Å²) in [6.07, 6.45) is 5.46. The van der Waals surface area contributed by atoms with E-state index in [1.165, 1.54) is 30.7 Å². The van der Waals surface area contributed by atoms with Crippen LogP contribution in [0.2, 0.25) is 0 Å². The topological polar surface area (TPSA) is 176 Å². The van der Waals surface area contributed by atoms with Gasteiger partial charge in [-0.15, -0.1) is 17.8 Å². The number of aromatic nitrogens is 1. The number of nitrogens with zero attached hydrogens (tertiary/aromatic N) is 2. The monoisotopic (exact) mass is 649 g/mol. The zero-order valence-corrected chi connectivity index (χ0v) is 26.0. The van der Waals surface area contributed by atoms with Gasteiger partial charge in [-0.2, -0.15) is 4.99 Å². The highest BCUT2D eigenvalue weighted by molar-refractivity contribution is 7.92. The molecule has 0 aliphatic heterocycles. The number of esters is 3. The Kier molecular flexibility index (Phi) is 11.0. The van der Waals surface area contributed by atoms with Crippen molar-refractivity contribution >= 4 is 77.5 Å². The number of thiazole rings is 1. The molecule has 3 aromatic rings. The molecule has 0 saturated carbocycles. The van der Waals surface area contributed by atoms with Crippen molar-refractivity contribution < 1.29 is 46.6 Å². The van der Waals surface area contributed by atoms with E-state index in [1.807, 2.05) is 0 Å². The molecule has 1 N–H and O–H groups in total. The number of hydrogen-bond acceptors (Lipinski definition) is 12. The Morgan fingerprint density at radius 2 is 1.70 bits per heavy atom. The first-order valence-electron chi connectivity index (χ1n) is 12.6. The standard InChI is InChI=1S/C27H27N3O10S3/c1-6-11-30-17-10-9-16(24(33)38-5)12-18(17)41-27(30)29-20(32)14-43(36,37)13-19(31)28-23-21(25(34)39-7-2)15(4)22(42-23)26(35)40-8-3/h1,9-10,12H,7-8,11,13-14H2,2-5H3,(H,28,31). The Bertz CT molecular complexity index is 1820. The summed E-state index contributed by atoms with van der Waals surface area (Å²) in [5, 5.41) is 2.24. The number of sulfone groups is 1. The van der Waals surface area contributed by atoms with Crippen LogP contribution < -0.4 is 10.1 Å². The summed E-state index contributed by atoms with van der Waals surface area (Å²) in [7, 11) is -3.10. The highest BCUT2D eigenvalue weighted by atomic mass is 32.2. The minimum Gasteiger partial charge on any atom is -0.465 e. The van der Waals surface area contributed by atoms with Crippen molar-refractivity contribution in [1.82, 2.24) is 4.57 Å². The lowest BCUT2D eigenvalue weighted by atomic mass is 10.1. The zero-order valence-electron chi connectivity index (χ0n) is 23.5. The van der Waals surface area contributed by atoms with Crippen LogP contribution in [0.1, 0.15) is 49.8 Å². The summed E-state index contributed by atoms with van der Waals surface area (Å²) in [4.78, 5) is 66.2. The molecule has 0 radical (unpaired) electrons. The predicted molar refractivity (Wildman–Crippen MR) is 159 cm³/mol. The number of terminal acetylenes is 1. The van der Waals surface area contributed by atoms with E-state index in [0.717, 1.165) is 22.7 Å². The third-order valence-electron chi connectivity index (χ3n) is 5.61. The van der Waals surface area contributed by atoms with Crippen molar-refractivity contribution in [2.24, 2.45) is 4.99 Å². The normalized spacial score (nSPS) is 11.6. The van der Waals surface area contributed by atoms with E-state index in [2.05, 4.69) is 16.2 Å². The van der Waals surface area contributed by atoms with E-state index in [4.69, 9.17) is 20.6 Å². The Labute approximate surface area is 254 Å². The van der Waals surface area contributed by atoms with Crippen LogP contribution in [0.5, 0.6) is 0 Å². The minimum absolute atomic E-state index is 0.00958. The van der Waals surface area contributed by atoms with Crippen LogP contribution in [-0.4, -0.2) is 74.5 Å². The van der Waals surface area contributed by atoms with Gasteiger partial charge in [-0.3, -0.25) is 9.59 Å². The number of hydrogen-bond donors (Lipinski definition) is 1. The zero-order chi connectivity index (χ0) is 31.9. The Morgan fingerprint density at radius 1 is 1.02 bits per heavy atom. The van der Waals surface area contributed by atoms with Crippen molar-refractivity contribution in [3.8, 4) is 12.3 Å². The number of benzene rings is 1. The van der Waals surface area contributed by atoms with Crippen LogP contribution in [0.4, 0.5) is 5.00 Å². The van der Waals surface area contributed by atoms with Gasteiger partial charge in [-0.25, -0.2) is 22.8 Å². The second-order valence-electron chi connectivity index (χ2n) is 8.64. The molecule has 3 rings (SSSR count). The molecular weight excluding hydrogens is 623 g/mol. The molecule has 228 valence electrons. The molecule has 43 heavy (non-hydrogen) atoms. The molecule has 2 amide bonds. The Balaban J connectivity index is 1.84. The van der Waals surface area contributed by atoms with Crippen molar-refractivity contribution in [2.45, 2.75) is 27.3 Å². The number of methoxy groups -OCH3 is 1. The fraction of sp³-hybridized carbons (Fsp3) is 0.333. The second kappa shape index (κ2) is 14.2. The molecule has 0 atom stereocenters. The Hall–Kier alpha value is -4.33. The van der Waals surface area contributed by atoms with Gasteiger partial charge in [0.1, 0.15) is 21.4 Å². The summed E-state index contributed by atoms with van der Waals surface area (Å²) >= 11 is 1.75. The van der Waals surface area contributed by atoms with Crippen molar-refractivity contribution in [1.29, 1.82) is 0 Å². The second-order valence-corrected chi connectivity index (χ2v) is 12.7. The number of nitrogens with one attached hydrogen (secondary N) is 1. The average Bonchev–Trinajstić information content (AvgIpc) is 3.43. The van der Waals surface area contributed by atoms with Gasteiger partial charge >= 0.3 is 17.9 Å². The number of carbonyl (C=O) groups is 5. The molecule has 2 aromatic heterocycles. The van der Waals surface area contributed by atoms with Gasteiger partial charge in [0.15, 0.2) is 14.6 Å². The highest BCUT2D eigenvalue weighted by Gasteiger charge is 2.29. The van der Waals surface area contributed by atoms with Gasteiger partial charge < -0.3 is 24.1 Å². The van der Waals surface area contributed by atoms with Crippen LogP contribution >= 0.6 is 22.7 Å². The van der Waals surface area contributed by atoms with Crippen LogP contribution in [-0.2, 0) is 40.2 Å². The van der Waals surface area contributed by atoms with Gasteiger partial charge in [0.25, 0.3) is 5.91 Å². The van der Waals surface area contributed by atoms with E-state index in [9.17, 15) is 32.4 Å². The summed E-state index contributed by atoms with van der Waals surface area (Å²) in [5.74, 6) is -3.98. The van der Waals surface area contributed by atoms with Gasteiger partial charge in [-0.1, -0.05) is 17.3 Å². The van der Waals surface area contributed by atoms with Crippen LogP contribution in [0.3, 0.4) is 0 Å². The van der Waals surface area contributed by atoms with Crippen molar-refractivity contribution in [3.05, 3.63) is 44.6 Å². The molecule has 0 saturated heterocycles. The van der Waals surface area contributed by atoms with Crippen LogP contribution in [0.15, 0.2) is 23.2 Å². The number of ether oxygens (including phenoxy) is 3. The van der Waals surface area contributed by atoms with Crippen LogP contribution in [0.25, 0.3) is 10.2 Å². The smallest absolute Gasteiger partial charge is 0.348 e. The molecule has 0 unspecified atom stereocenters. The molecule has 13 nitrogen and oxygen atoms in total. The molecule has 2 heterocycles. The summed E-state index contributed by atoms with van der Waals surface area (Å²) in [6.45, 7) is 4.75. The third kappa shape index (κ3) is 7.95. The quantitative estimate of drug-likeness (QED) is 0.184. The van der Waals surface area contributed by atoms with E-state index in [0.29, 0.717) is 10.2 Å². The lowest BCUT2D eigenvalue weighted by Crippen LogP contribution is -2.28. The Morgan fingerprint density at radius 3 is 2.33 bits per heavy atom. The first kappa shape index (κ1) is 33.2. The molecule has 0 bridgehead atoms.